The zero-order chi connectivity index (χ0) is 12.2. The van der Waals surface area contributed by atoms with E-state index in [1.807, 2.05) is 11.3 Å². The fraction of sp³-hybridized carbons (Fsp3) is 0.667. The van der Waals surface area contributed by atoms with E-state index in [0.717, 1.165) is 18.9 Å². The molecule has 1 unspecified atom stereocenters. The van der Waals surface area contributed by atoms with Crippen molar-refractivity contribution in [1.82, 2.24) is 5.32 Å². The van der Waals surface area contributed by atoms with Gasteiger partial charge in [-0.05, 0) is 43.0 Å². The number of thiophene rings is 1. The van der Waals surface area contributed by atoms with Gasteiger partial charge < -0.3 is 5.32 Å². The number of nitrogens with one attached hydrogen (secondary N) is 1. The zero-order valence-corrected chi connectivity index (χ0v) is 11.7. The van der Waals surface area contributed by atoms with Crippen molar-refractivity contribution in [3.63, 3.8) is 0 Å². The number of hydrogen-bond donors (Lipinski definition) is 1. The molecule has 1 aromatic heterocycles. The first kappa shape index (κ1) is 12.2. The molecule has 1 aliphatic heterocycles. The maximum atomic E-state index is 4.66. The molecule has 1 saturated carbocycles. The van der Waals surface area contributed by atoms with Gasteiger partial charge in [0.25, 0.3) is 0 Å². The van der Waals surface area contributed by atoms with Crippen molar-refractivity contribution in [3.05, 3.63) is 22.4 Å². The molecule has 3 heteroatoms. The van der Waals surface area contributed by atoms with Gasteiger partial charge in [0.05, 0.1) is 11.9 Å². The van der Waals surface area contributed by atoms with E-state index in [4.69, 9.17) is 0 Å². The lowest BCUT2D eigenvalue weighted by molar-refractivity contribution is 0.413. The standard InChI is InChI=1S/C15H22N2S/c1-2-7-12(6-1)15(13-8-5-11-18-13)17-14-9-3-4-10-16-14/h5,8,11-12,15H,1-4,6-7,9-10H2,(H,16,17). The van der Waals surface area contributed by atoms with Crippen LogP contribution >= 0.6 is 11.3 Å². The number of rotatable bonds is 3. The Morgan fingerprint density at radius 3 is 2.78 bits per heavy atom. The van der Waals surface area contributed by atoms with Crippen LogP contribution in [0.3, 0.4) is 0 Å². The van der Waals surface area contributed by atoms with Crippen molar-refractivity contribution in [3.8, 4) is 0 Å². The highest BCUT2D eigenvalue weighted by atomic mass is 32.1. The second-order valence-electron chi connectivity index (χ2n) is 5.47. The lowest BCUT2D eigenvalue weighted by atomic mass is 9.96. The lowest BCUT2D eigenvalue weighted by Crippen LogP contribution is -2.33. The Bertz CT molecular complexity index is 391. The molecule has 1 atom stereocenters. The minimum absolute atomic E-state index is 0.518. The predicted molar refractivity (Wildman–Crippen MR) is 78.3 cm³/mol. The van der Waals surface area contributed by atoms with Crippen LogP contribution in [-0.2, 0) is 0 Å². The molecule has 2 heterocycles. The van der Waals surface area contributed by atoms with Gasteiger partial charge in [-0.3, -0.25) is 4.99 Å². The Labute approximate surface area is 114 Å². The van der Waals surface area contributed by atoms with Crippen molar-refractivity contribution in [2.45, 2.75) is 51.0 Å². The minimum atomic E-state index is 0.518. The summed E-state index contributed by atoms with van der Waals surface area (Å²) in [6, 6.07) is 4.97. The van der Waals surface area contributed by atoms with Gasteiger partial charge in [0, 0.05) is 17.8 Å². The third kappa shape index (κ3) is 2.77. The van der Waals surface area contributed by atoms with E-state index in [1.54, 1.807) is 0 Å². The summed E-state index contributed by atoms with van der Waals surface area (Å²) in [5, 5.41) is 5.96. The molecule has 1 fully saturated rings. The summed E-state index contributed by atoms with van der Waals surface area (Å²) in [4.78, 5) is 6.16. The average Bonchev–Trinajstić information content (AvgIpc) is 3.11. The van der Waals surface area contributed by atoms with E-state index in [2.05, 4.69) is 27.8 Å². The molecule has 0 radical (unpaired) electrons. The molecule has 1 N–H and O–H groups in total. The van der Waals surface area contributed by atoms with Crippen molar-refractivity contribution in [2.75, 3.05) is 6.54 Å². The first-order valence-corrected chi connectivity index (χ1v) is 8.15. The molecule has 18 heavy (non-hydrogen) atoms. The van der Waals surface area contributed by atoms with Crippen LogP contribution in [0.25, 0.3) is 0 Å². The first-order valence-electron chi connectivity index (χ1n) is 7.27. The lowest BCUT2D eigenvalue weighted by Gasteiger charge is -2.26. The second kappa shape index (κ2) is 5.87. The monoisotopic (exact) mass is 262 g/mol. The van der Waals surface area contributed by atoms with E-state index < -0.39 is 0 Å². The van der Waals surface area contributed by atoms with E-state index in [-0.39, 0.29) is 0 Å². The molecule has 0 bridgehead atoms. The van der Waals surface area contributed by atoms with Crippen molar-refractivity contribution in [2.24, 2.45) is 10.9 Å². The van der Waals surface area contributed by atoms with Gasteiger partial charge in [0.1, 0.15) is 0 Å². The van der Waals surface area contributed by atoms with Crippen LogP contribution in [0.5, 0.6) is 0 Å². The minimum Gasteiger partial charge on any atom is -0.366 e. The maximum absolute atomic E-state index is 4.66. The summed E-state index contributed by atoms with van der Waals surface area (Å²) >= 11 is 1.89. The molecule has 0 saturated heterocycles. The Morgan fingerprint density at radius 1 is 1.22 bits per heavy atom. The van der Waals surface area contributed by atoms with E-state index in [1.165, 1.54) is 49.2 Å². The molecule has 0 aromatic carbocycles. The van der Waals surface area contributed by atoms with Gasteiger partial charge in [-0.2, -0.15) is 0 Å². The van der Waals surface area contributed by atoms with Crippen LogP contribution in [0.1, 0.15) is 55.9 Å². The van der Waals surface area contributed by atoms with Crippen LogP contribution in [-0.4, -0.2) is 12.4 Å². The SMILES string of the molecule is c1csc(C(NC2=NCCCC2)C2CCCC2)c1. The smallest absolute Gasteiger partial charge is 0.0968 e. The fourth-order valence-electron chi connectivity index (χ4n) is 3.17. The molecule has 3 rings (SSSR count). The second-order valence-corrected chi connectivity index (χ2v) is 6.45. The first-order chi connectivity index (χ1) is 8.93. The van der Waals surface area contributed by atoms with Crippen molar-refractivity contribution in [1.29, 1.82) is 0 Å². The Hall–Kier alpha value is -0.830. The summed E-state index contributed by atoms with van der Waals surface area (Å²) < 4.78 is 0. The number of hydrogen-bond acceptors (Lipinski definition) is 3. The van der Waals surface area contributed by atoms with Gasteiger partial charge in [-0.25, -0.2) is 0 Å². The highest BCUT2D eigenvalue weighted by molar-refractivity contribution is 7.10. The third-order valence-corrected chi connectivity index (χ3v) is 5.12. The summed E-state index contributed by atoms with van der Waals surface area (Å²) in [5.74, 6) is 2.07. The molecule has 2 aliphatic rings. The third-order valence-electron chi connectivity index (χ3n) is 4.17. The largest absolute Gasteiger partial charge is 0.366 e. The van der Waals surface area contributed by atoms with E-state index >= 15 is 0 Å². The molecule has 0 amide bonds. The fourth-order valence-corrected chi connectivity index (χ4v) is 4.04. The van der Waals surface area contributed by atoms with Crippen molar-refractivity contribution >= 4 is 17.2 Å². The Balaban J connectivity index is 1.74. The highest BCUT2D eigenvalue weighted by Gasteiger charge is 2.27. The normalized spacial score (nSPS) is 22.8. The molecular formula is C15H22N2S. The number of amidine groups is 1. The summed E-state index contributed by atoms with van der Waals surface area (Å²) in [6.07, 6.45) is 9.27. The molecule has 98 valence electrons. The topological polar surface area (TPSA) is 24.4 Å². The molecule has 0 spiro atoms. The average molecular weight is 262 g/mol. The van der Waals surface area contributed by atoms with E-state index in [0.29, 0.717) is 6.04 Å². The summed E-state index contributed by atoms with van der Waals surface area (Å²) in [7, 11) is 0. The van der Waals surface area contributed by atoms with Gasteiger partial charge in [0.2, 0.25) is 0 Å². The van der Waals surface area contributed by atoms with E-state index in [9.17, 15) is 0 Å². The van der Waals surface area contributed by atoms with Crippen molar-refractivity contribution < 1.29 is 0 Å². The maximum Gasteiger partial charge on any atom is 0.0968 e. The van der Waals surface area contributed by atoms with Gasteiger partial charge in [-0.1, -0.05) is 18.9 Å². The van der Waals surface area contributed by atoms with Crippen LogP contribution in [0, 0.1) is 5.92 Å². The number of aliphatic imine (C=N–C) groups is 1. The Kier molecular flexibility index (Phi) is 3.99. The summed E-state index contributed by atoms with van der Waals surface area (Å²) in [6.45, 7) is 1.02. The molecule has 1 aliphatic carbocycles. The molecular weight excluding hydrogens is 240 g/mol. The number of nitrogens with zero attached hydrogens (tertiary/aromatic N) is 1. The van der Waals surface area contributed by atoms with Crippen LogP contribution in [0.2, 0.25) is 0 Å². The predicted octanol–water partition coefficient (Wildman–Crippen LogP) is 4.15. The highest BCUT2D eigenvalue weighted by Crippen LogP contribution is 2.37. The van der Waals surface area contributed by atoms with Gasteiger partial charge in [-0.15, -0.1) is 11.3 Å². The van der Waals surface area contributed by atoms with Crippen LogP contribution < -0.4 is 5.32 Å². The zero-order valence-electron chi connectivity index (χ0n) is 10.9. The molecule has 2 nitrogen and oxygen atoms in total. The van der Waals surface area contributed by atoms with Gasteiger partial charge >= 0.3 is 0 Å². The summed E-state index contributed by atoms with van der Waals surface area (Å²) in [5.41, 5.74) is 0. The Morgan fingerprint density at radius 2 is 2.11 bits per heavy atom. The quantitative estimate of drug-likeness (QED) is 0.869. The van der Waals surface area contributed by atoms with Crippen LogP contribution in [0.15, 0.2) is 22.5 Å². The molecule has 1 aromatic rings. The van der Waals surface area contributed by atoms with Gasteiger partial charge in [0.15, 0.2) is 0 Å². The van der Waals surface area contributed by atoms with Crippen LogP contribution in [0.4, 0.5) is 0 Å².